The van der Waals surface area contributed by atoms with Crippen molar-refractivity contribution in [2.75, 3.05) is 19.6 Å². The van der Waals surface area contributed by atoms with Crippen molar-refractivity contribution >= 4 is 11.4 Å². The molecule has 2 N–H and O–H groups in total. The molecule has 1 atom stereocenters. The summed E-state index contributed by atoms with van der Waals surface area (Å²) in [5, 5.41) is 6.56. The van der Waals surface area contributed by atoms with Crippen LogP contribution in [0.25, 0.3) is 5.52 Å². The lowest BCUT2D eigenvalue weighted by atomic mass is 10.0. The van der Waals surface area contributed by atoms with Crippen LogP contribution in [0.15, 0.2) is 24.5 Å². The number of hydrogen-bond donors (Lipinski definition) is 2. The highest BCUT2D eigenvalue weighted by atomic mass is 16.2. The highest BCUT2D eigenvalue weighted by Crippen LogP contribution is 2.22. The standard InChI is InChI=1S/C19H29N5O/c1-13(2)23-10-8-20-11-16(23)17(25)22-19(4,5)18-21-12-15-14(3)7-6-9-24(15)18/h6-7,9,12-13,16,20H,8,10-11H2,1-5H3,(H,22,25)/t16-/m1/s1. The van der Waals surface area contributed by atoms with Gasteiger partial charge in [-0.1, -0.05) is 6.07 Å². The first kappa shape index (κ1) is 17.9. The van der Waals surface area contributed by atoms with Gasteiger partial charge in [0.2, 0.25) is 5.91 Å². The maximum atomic E-state index is 13.0. The Kier molecular flexibility index (Phi) is 4.84. The van der Waals surface area contributed by atoms with Gasteiger partial charge >= 0.3 is 0 Å². The van der Waals surface area contributed by atoms with Crippen LogP contribution >= 0.6 is 0 Å². The number of carbonyl (C=O) groups excluding carboxylic acids is 1. The van der Waals surface area contributed by atoms with Crippen LogP contribution < -0.4 is 10.6 Å². The zero-order valence-electron chi connectivity index (χ0n) is 15.8. The van der Waals surface area contributed by atoms with E-state index in [0.717, 1.165) is 24.4 Å². The highest BCUT2D eigenvalue weighted by molar-refractivity contribution is 5.83. The summed E-state index contributed by atoms with van der Waals surface area (Å²) in [6, 6.07) is 4.27. The van der Waals surface area contributed by atoms with Crippen molar-refractivity contribution in [1.29, 1.82) is 0 Å². The van der Waals surface area contributed by atoms with Gasteiger partial charge in [-0.05, 0) is 46.2 Å². The van der Waals surface area contributed by atoms with Gasteiger partial charge in [-0.2, -0.15) is 0 Å². The number of amides is 1. The van der Waals surface area contributed by atoms with Crippen molar-refractivity contribution in [2.45, 2.75) is 52.2 Å². The maximum absolute atomic E-state index is 13.0. The van der Waals surface area contributed by atoms with Crippen LogP contribution in [-0.2, 0) is 10.3 Å². The third kappa shape index (κ3) is 3.41. The molecular formula is C19H29N5O. The molecule has 2 aromatic heterocycles. The smallest absolute Gasteiger partial charge is 0.239 e. The monoisotopic (exact) mass is 343 g/mol. The molecule has 25 heavy (non-hydrogen) atoms. The van der Waals surface area contributed by atoms with Crippen molar-refractivity contribution in [3.8, 4) is 0 Å². The van der Waals surface area contributed by atoms with E-state index < -0.39 is 5.54 Å². The van der Waals surface area contributed by atoms with Gasteiger partial charge < -0.3 is 15.0 Å². The second kappa shape index (κ2) is 6.77. The molecule has 1 saturated heterocycles. The number of imidazole rings is 1. The third-order valence-corrected chi connectivity index (χ3v) is 5.03. The average molecular weight is 343 g/mol. The van der Waals surface area contributed by atoms with Gasteiger partial charge in [0.1, 0.15) is 11.9 Å². The number of aryl methyl sites for hydroxylation is 1. The van der Waals surface area contributed by atoms with Crippen LogP contribution in [0.1, 0.15) is 39.1 Å². The maximum Gasteiger partial charge on any atom is 0.239 e. The minimum absolute atomic E-state index is 0.0512. The lowest BCUT2D eigenvalue weighted by Crippen LogP contribution is -2.61. The van der Waals surface area contributed by atoms with Gasteiger partial charge in [-0.15, -0.1) is 0 Å². The molecule has 136 valence electrons. The third-order valence-electron chi connectivity index (χ3n) is 5.03. The molecule has 0 bridgehead atoms. The summed E-state index contributed by atoms with van der Waals surface area (Å²) >= 11 is 0. The molecule has 1 fully saturated rings. The summed E-state index contributed by atoms with van der Waals surface area (Å²) in [5.74, 6) is 0.898. The second-order valence-electron chi connectivity index (χ2n) is 7.69. The number of aromatic nitrogens is 2. The number of hydrogen-bond acceptors (Lipinski definition) is 4. The zero-order chi connectivity index (χ0) is 18.2. The number of pyridine rings is 1. The number of piperazine rings is 1. The van der Waals surface area contributed by atoms with Crippen molar-refractivity contribution in [1.82, 2.24) is 24.9 Å². The molecule has 6 nitrogen and oxygen atoms in total. The molecule has 3 heterocycles. The van der Waals surface area contributed by atoms with Crippen LogP contribution in [-0.4, -0.2) is 51.9 Å². The van der Waals surface area contributed by atoms with Gasteiger partial charge in [-0.3, -0.25) is 9.69 Å². The van der Waals surface area contributed by atoms with E-state index in [0.29, 0.717) is 12.6 Å². The van der Waals surface area contributed by atoms with E-state index in [-0.39, 0.29) is 11.9 Å². The van der Waals surface area contributed by atoms with Gasteiger partial charge in [0.15, 0.2) is 0 Å². The number of nitrogens with one attached hydrogen (secondary N) is 2. The summed E-state index contributed by atoms with van der Waals surface area (Å²) in [7, 11) is 0. The Morgan fingerprint density at radius 3 is 2.92 bits per heavy atom. The van der Waals surface area contributed by atoms with E-state index in [1.807, 2.05) is 32.3 Å². The summed E-state index contributed by atoms with van der Waals surface area (Å²) in [4.78, 5) is 19.9. The highest BCUT2D eigenvalue weighted by Gasteiger charge is 2.35. The Labute approximate surface area is 149 Å². The molecule has 0 aliphatic carbocycles. The molecule has 0 unspecified atom stereocenters. The van der Waals surface area contributed by atoms with E-state index in [2.05, 4.69) is 51.8 Å². The predicted molar refractivity (Wildman–Crippen MR) is 99.6 cm³/mol. The molecule has 0 saturated carbocycles. The molecule has 0 aromatic carbocycles. The Balaban J connectivity index is 1.84. The number of fused-ring (bicyclic) bond motifs is 1. The summed E-state index contributed by atoms with van der Waals surface area (Å²) < 4.78 is 2.06. The van der Waals surface area contributed by atoms with E-state index in [1.54, 1.807) is 0 Å². The fourth-order valence-electron chi connectivity index (χ4n) is 3.65. The zero-order valence-corrected chi connectivity index (χ0v) is 15.8. The van der Waals surface area contributed by atoms with Crippen LogP contribution in [0.5, 0.6) is 0 Å². The Hall–Kier alpha value is -1.92. The minimum atomic E-state index is -0.558. The van der Waals surface area contributed by atoms with E-state index in [4.69, 9.17) is 0 Å². The number of carbonyl (C=O) groups is 1. The van der Waals surface area contributed by atoms with E-state index >= 15 is 0 Å². The van der Waals surface area contributed by atoms with E-state index in [1.165, 1.54) is 5.56 Å². The van der Waals surface area contributed by atoms with Gasteiger partial charge in [-0.25, -0.2) is 4.98 Å². The largest absolute Gasteiger partial charge is 0.343 e. The molecule has 6 heteroatoms. The molecule has 3 rings (SSSR count). The lowest BCUT2D eigenvalue weighted by molar-refractivity contribution is -0.129. The van der Waals surface area contributed by atoms with Crippen LogP contribution in [0.3, 0.4) is 0 Å². The Morgan fingerprint density at radius 2 is 2.20 bits per heavy atom. The lowest BCUT2D eigenvalue weighted by Gasteiger charge is -2.39. The first-order chi connectivity index (χ1) is 11.8. The van der Waals surface area contributed by atoms with Crippen molar-refractivity contribution in [2.24, 2.45) is 0 Å². The molecular weight excluding hydrogens is 314 g/mol. The van der Waals surface area contributed by atoms with E-state index in [9.17, 15) is 4.79 Å². The summed E-state index contributed by atoms with van der Waals surface area (Å²) in [6.07, 6.45) is 3.88. The predicted octanol–water partition coefficient (Wildman–Crippen LogP) is 1.68. The minimum Gasteiger partial charge on any atom is -0.343 e. The van der Waals surface area contributed by atoms with Gasteiger partial charge in [0, 0.05) is 31.9 Å². The van der Waals surface area contributed by atoms with Crippen molar-refractivity contribution < 1.29 is 4.79 Å². The first-order valence-electron chi connectivity index (χ1n) is 9.03. The SMILES string of the molecule is Cc1cccn2c(C(C)(C)NC(=O)[C@H]3CNCCN3C(C)C)ncc12. The normalized spacial score (nSPS) is 19.5. The fourth-order valence-corrected chi connectivity index (χ4v) is 3.65. The summed E-state index contributed by atoms with van der Waals surface area (Å²) in [6.45, 7) is 12.9. The quantitative estimate of drug-likeness (QED) is 0.887. The molecule has 2 aromatic rings. The van der Waals surface area contributed by atoms with Crippen molar-refractivity contribution in [3.05, 3.63) is 35.9 Å². The summed E-state index contributed by atoms with van der Waals surface area (Å²) in [5.41, 5.74) is 1.69. The van der Waals surface area contributed by atoms with Crippen LogP contribution in [0, 0.1) is 6.92 Å². The average Bonchev–Trinajstić information content (AvgIpc) is 3.01. The fraction of sp³-hybridized carbons (Fsp3) is 0.579. The number of nitrogens with zero attached hydrogens (tertiary/aromatic N) is 3. The second-order valence-corrected chi connectivity index (χ2v) is 7.69. The molecule has 0 radical (unpaired) electrons. The molecule has 1 aliphatic rings. The van der Waals surface area contributed by atoms with Crippen molar-refractivity contribution in [3.63, 3.8) is 0 Å². The molecule has 1 aliphatic heterocycles. The number of rotatable bonds is 4. The van der Waals surface area contributed by atoms with Gasteiger partial charge in [0.05, 0.1) is 17.3 Å². The molecule has 1 amide bonds. The Morgan fingerprint density at radius 1 is 1.44 bits per heavy atom. The first-order valence-corrected chi connectivity index (χ1v) is 9.03. The van der Waals surface area contributed by atoms with Crippen LogP contribution in [0.4, 0.5) is 0 Å². The molecule has 0 spiro atoms. The Bertz CT molecular complexity index is 764. The topological polar surface area (TPSA) is 61.7 Å². The van der Waals surface area contributed by atoms with Crippen LogP contribution in [0.2, 0.25) is 0 Å². The van der Waals surface area contributed by atoms with Gasteiger partial charge in [0.25, 0.3) is 0 Å².